The van der Waals surface area contributed by atoms with Crippen molar-refractivity contribution >= 4 is 21.6 Å². The van der Waals surface area contributed by atoms with E-state index in [1.54, 1.807) is 25.3 Å². The van der Waals surface area contributed by atoms with Crippen LogP contribution < -0.4 is 14.8 Å². The number of benzene rings is 2. The smallest absolute Gasteiger partial charge is 0.255 e. The fourth-order valence-corrected chi connectivity index (χ4v) is 4.47. The Morgan fingerprint density at radius 2 is 1.67 bits per heavy atom. The van der Waals surface area contributed by atoms with E-state index in [2.05, 4.69) is 5.32 Å². The van der Waals surface area contributed by atoms with Crippen molar-refractivity contribution in [2.24, 2.45) is 0 Å². The second kappa shape index (κ2) is 7.98. The molecule has 0 aliphatic carbocycles. The fourth-order valence-electron chi connectivity index (χ4n) is 2.95. The number of nitrogens with zero attached hydrogens (tertiary/aromatic N) is 1. The largest absolute Gasteiger partial charge is 0.497 e. The van der Waals surface area contributed by atoms with Crippen molar-refractivity contribution in [3.8, 4) is 11.5 Å². The number of anilines is 1. The minimum atomic E-state index is -3.49. The lowest BCUT2D eigenvalue weighted by atomic mass is 10.2. The average Bonchev–Trinajstić information content (AvgIpc) is 3.24. The van der Waals surface area contributed by atoms with Gasteiger partial charge in [-0.25, -0.2) is 8.42 Å². The highest BCUT2D eigenvalue weighted by Crippen LogP contribution is 2.29. The van der Waals surface area contributed by atoms with Gasteiger partial charge in [0.05, 0.1) is 24.8 Å². The van der Waals surface area contributed by atoms with E-state index in [0.717, 1.165) is 12.8 Å². The van der Waals surface area contributed by atoms with Crippen molar-refractivity contribution in [1.82, 2.24) is 4.31 Å². The number of carbonyl (C=O) groups excluding carboxylic acids is 1. The molecule has 7 nitrogen and oxygen atoms in total. The first kappa shape index (κ1) is 19.2. The van der Waals surface area contributed by atoms with Crippen molar-refractivity contribution in [3.63, 3.8) is 0 Å². The number of carbonyl (C=O) groups is 1. The number of methoxy groups -OCH3 is 2. The molecule has 1 aliphatic rings. The van der Waals surface area contributed by atoms with Gasteiger partial charge in [-0.3, -0.25) is 4.79 Å². The van der Waals surface area contributed by atoms with Crippen LogP contribution in [0, 0.1) is 0 Å². The van der Waals surface area contributed by atoms with Crippen LogP contribution in [0.15, 0.2) is 47.4 Å². The summed E-state index contributed by atoms with van der Waals surface area (Å²) in [5.74, 6) is 0.723. The van der Waals surface area contributed by atoms with Gasteiger partial charge in [-0.15, -0.1) is 0 Å². The maximum Gasteiger partial charge on any atom is 0.255 e. The zero-order valence-corrected chi connectivity index (χ0v) is 16.1. The third-order valence-electron chi connectivity index (χ3n) is 4.48. The highest BCUT2D eigenvalue weighted by Gasteiger charge is 2.27. The van der Waals surface area contributed by atoms with Gasteiger partial charge in [0, 0.05) is 24.7 Å². The van der Waals surface area contributed by atoms with Crippen LogP contribution in [0.2, 0.25) is 0 Å². The van der Waals surface area contributed by atoms with Crippen LogP contribution in [-0.2, 0) is 10.0 Å². The van der Waals surface area contributed by atoms with Crippen LogP contribution in [0.3, 0.4) is 0 Å². The molecule has 1 fully saturated rings. The minimum Gasteiger partial charge on any atom is -0.497 e. The Kier molecular flexibility index (Phi) is 5.67. The third kappa shape index (κ3) is 4.06. The molecule has 1 N–H and O–H groups in total. The van der Waals surface area contributed by atoms with Gasteiger partial charge in [-0.1, -0.05) is 0 Å². The first-order chi connectivity index (χ1) is 13.0. The molecule has 1 saturated heterocycles. The Balaban J connectivity index is 1.76. The molecule has 0 radical (unpaired) electrons. The number of hydrogen-bond donors (Lipinski definition) is 1. The summed E-state index contributed by atoms with van der Waals surface area (Å²) in [5, 5.41) is 2.76. The van der Waals surface area contributed by atoms with Crippen LogP contribution in [0.1, 0.15) is 23.2 Å². The Labute approximate surface area is 158 Å². The quantitative estimate of drug-likeness (QED) is 0.820. The summed E-state index contributed by atoms with van der Waals surface area (Å²) in [5.41, 5.74) is 0.852. The van der Waals surface area contributed by atoms with Gasteiger partial charge >= 0.3 is 0 Å². The Morgan fingerprint density at radius 1 is 1.00 bits per heavy atom. The van der Waals surface area contributed by atoms with Crippen LogP contribution in [0.4, 0.5) is 5.69 Å². The third-order valence-corrected chi connectivity index (χ3v) is 6.39. The Hall–Kier alpha value is -2.58. The van der Waals surface area contributed by atoms with Gasteiger partial charge in [0.1, 0.15) is 11.5 Å². The fraction of sp³-hybridized carbons (Fsp3) is 0.316. The number of ether oxygens (including phenoxy) is 2. The van der Waals surface area contributed by atoms with Crippen LogP contribution >= 0.6 is 0 Å². The maximum absolute atomic E-state index is 12.5. The van der Waals surface area contributed by atoms with Gasteiger partial charge in [0.15, 0.2) is 0 Å². The number of rotatable bonds is 6. The van der Waals surface area contributed by atoms with Crippen molar-refractivity contribution in [2.75, 3.05) is 32.6 Å². The van der Waals surface area contributed by atoms with Gasteiger partial charge < -0.3 is 14.8 Å². The predicted molar refractivity (Wildman–Crippen MR) is 102 cm³/mol. The Morgan fingerprint density at radius 3 is 2.26 bits per heavy atom. The van der Waals surface area contributed by atoms with Crippen molar-refractivity contribution in [1.29, 1.82) is 0 Å². The van der Waals surface area contributed by atoms with Crippen LogP contribution in [0.5, 0.6) is 11.5 Å². The summed E-state index contributed by atoms with van der Waals surface area (Å²) in [6, 6.07) is 11.0. The molecule has 2 aromatic carbocycles. The molecule has 0 spiro atoms. The highest BCUT2D eigenvalue weighted by atomic mass is 32.2. The summed E-state index contributed by atoms with van der Waals surface area (Å²) < 4.78 is 37.0. The molecule has 0 bridgehead atoms. The highest BCUT2D eigenvalue weighted by molar-refractivity contribution is 7.89. The second-order valence-corrected chi connectivity index (χ2v) is 8.09. The summed E-state index contributed by atoms with van der Waals surface area (Å²) in [6.07, 6.45) is 1.76. The van der Waals surface area contributed by atoms with E-state index in [1.165, 1.54) is 35.7 Å². The molecule has 8 heteroatoms. The van der Waals surface area contributed by atoms with E-state index in [0.29, 0.717) is 35.8 Å². The molecule has 2 aromatic rings. The lowest BCUT2D eigenvalue weighted by molar-refractivity contribution is 0.102. The molecule has 0 aromatic heterocycles. The maximum atomic E-state index is 12.5. The number of nitrogens with one attached hydrogen (secondary N) is 1. The van der Waals surface area contributed by atoms with Crippen molar-refractivity contribution < 1.29 is 22.7 Å². The van der Waals surface area contributed by atoms with E-state index in [4.69, 9.17) is 9.47 Å². The summed E-state index contributed by atoms with van der Waals surface area (Å²) in [4.78, 5) is 12.7. The molecule has 1 heterocycles. The van der Waals surface area contributed by atoms with E-state index in [9.17, 15) is 13.2 Å². The molecule has 27 heavy (non-hydrogen) atoms. The summed E-state index contributed by atoms with van der Waals surface area (Å²) in [6.45, 7) is 1.09. The molecule has 0 saturated carbocycles. The van der Waals surface area contributed by atoms with E-state index < -0.39 is 10.0 Å². The molecular weight excluding hydrogens is 368 g/mol. The molecule has 0 unspecified atom stereocenters. The first-order valence-corrected chi connectivity index (χ1v) is 10.0. The topological polar surface area (TPSA) is 84.9 Å². The summed E-state index contributed by atoms with van der Waals surface area (Å²) in [7, 11) is -0.442. The standard InChI is InChI=1S/C19H22N2O5S/c1-25-15-7-10-17(18(13-15)26-2)20-19(22)14-5-8-16(9-6-14)27(23,24)21-11-3-4-12-21/h5-10,13H,3-4,11-12H2,1-2H3,(H,20,22). The molecule has 0 atom stereocenters. The molecule has 3 rings (SSSR count). The van der Waals surface area contributed by atoms with Gasteiger partial charge in [-0.05, 0) is 49.2 Å². The minimum absolute atomic E-state index is 0.197. The van der Waals surface area contributed by atoms with Gasteiger partial charge in [-0.2, -0.15) is 4.31 Å². The number of hydrogen-bond acceptors (Lipinski definition) is 5. The predicted octanol–water partition coefficient (Wildman–Crippen LogP) is 2.74. The first-order valence-electron chi connectivity index (χ1n) is 8.59. The molecule has 144 valence electrons. The van der Waals surface area contributed by atoms with Crippen molar-refractivity contribution in [3.05, 3.63) is 48.0 Å². The lowest BCUT2D eigenvalue weighted by Gasteiger charge is -2.15. The van der Waals surface area contributed by atoms with Gasteiger partial charge in [0.2, 0.25) is 10.0 Å². The molecule has 1 aliphatic heterocycles. The van der Waals surface area contributed by atoms with E-state index in [-0.39, 0.29) is 10.8 Å². The number of amides is 1. The average molecular weight is 390 g/mol. The normalized spacial score (nSPS) is 14.7. The van der Waals surface area contributed by atoms with E-state index >= 15 is 0 Å². The zero-order chi connectivity index (χ0) is 19.4. The van der Waals surface area contributed by atoms with Crippen LogP contribution in [0.25, 0.3) is 0 Å². The van der Waals surface area contributed by atoms with Gasteiger partial charge in [0.25, 0.3) is 5.91 Å². The molecule has 1 amide bonds. The SMILES string of the molecule is COc1ccc(NC(=O)c2ccc(S(=O)(=O)N3CCCC3)cc2)c(OC)c1. The molecular formula is C19H22N2O5S. The zero-order valence-electron chi connectivity index (χ0n) is 15.3. The lowest BCUT2D eigenvalue weighted by Crippen LogP contribution is -2.27. The van der Waals surface area contributed by atoms with Crippen molar-refractivity contribution in [2.45, 2.75) is 17.7 Å². The van der Waals surface area contributed by atoms with Crippen LogP contribution in [-0.4, -0.2) is 45.9 Å². The Bertz CT molecular complexity index is 920. The van der Waals surface area contributed by atoms with E-state index in [1.807, 2.05) is 0 Å². The second-order valence-electron chi connectivity index (χ2n) is 6.16. The summed E-state index contributed by atoms with van der Waals surface area (Å²) >= 11 is 0. The monoisotopic (exact) mass is 390 g/mol. The number of sulfonamides is 1.